The summed E-state index contributed by atoms with van der Waals surface area (Å²) in [6.07, 6.45) is 2.43. The van der Waals surface area contributed by atoms with E-state index < -0.39 is 11.6 Å². The van der Waals surface area contributed by atoms with E-state index in [-0.39, 0.29) is 6.54 Å². The van der Waals surface area contributed by atoms with Crippen LogP contribution in [0.4, 0.5) is 20.5 Å². The molecular formula is C14H15ClF2N4. The Kier molecular flexibility index (Phi) is 5.27. The van der Waals surface area contributed by atoms with Crippen LogP contribution in [0.1, 0.15) is 18.9 Å². The second-order valence-corrected chi connectivity index (χ2v) is 4.83. The average Bonchev–Trinajstić information content (AvgIpc) is 2.48. The fourth-order valence-corrected chi connectivity index (χ4v) is 1.81. The maximum Gasteiger partial charge on any atom is 0.224 e. The number of benzene rings is 1. The summed E-state index contributed by atoms with van der Waals surface area (Å²) in [5.74, 6) is -0.845. The molecule has 0 atom stereocenters. The number of hydrogen-bond acceptors (Lipinski definition) is 4. The molecule has 0 saturated carbocycles. The second-order valence-electron chi connectivity index (χ2n) is 4.42. The van der Waals surface area contributed by atoms with Crippen molar-refractivity contribution in [2.24, 2.45) is 0 Å². The summed E-state index contributed by atoms with van der Waals surface area (Å²) in [5.41, 5.74) is 0.589. The summed E-state index contributed by atoms with van der Waals surface area (Å²) in [5, 5.41) is 6.39. The number of halogens is 3. The molecule has 2 rings (SSSR count). The Balaban J connectivity index is 2.06. The first kappa shape index (κ1) is 15.4. The highest BCUT2D eigenvalue weighted by Crippen LogP contribution is 2.20. The van der Waals surface area contributed by atoms with Crippen molar-refractivity contribution >= 4 is 23.4 Å². The van der Waals surface area contributed by atoms with Crippen LogP contribution in [0.5, 0.6) is 0 Å². The van der Waals surface area contributed by atoms with E-state index >= 15 is 0 Å². The van der Waals surface area contributed by atoms with Crippen LogP contribution >= 0.6 is 11.6 Å². The van der Waals surface area contributed by atoms with E-state index in [0.29, 0.717) is 22.4 Å². The average molecular weight is 313 g/mol. The molecule has 0 aliphatic rings. The van der Waals surface area contributed by atoms with Gasteiger partial charge in [0.15, 0.2) is 17.5 Å². The van der Waals surface area contributed by atoms with Gasteiger partial charge in [-0.25, -0.2) is 13.8 Å². The second kappa shape index (κ2) is 7.17. The van der Waals surface area contributed by atoms with Crippen molar-refractivity contribution in [3.05, 3.63) is 46.6 Å². The van der Waals surface area contributed by atoms with E-state index in [2.05, 4.69) is 20.6 Å². The molecule has 1 heterocycles. The zero-order chi connectivity index (χ0) is 15.2. The minimum Gasteiger partial charge on any atom is -0.365 e. The number of hydrogen-bond donors (Lipinski definition) is 2. The fraction of sp³-hybridized carbons (Fsp3) is 0.286. The molecule has 0 aliphatic heterocycles. The first-order valence-corrected chi connectivity index (χ1v) is 6.92. The van der Waals surface area contributed by atoms with Gasteiger partial charge >= 0.3 is 0 Å². The van der Waals surface area contributed by atoms with Gasteiger partial charge in [0.25, 0.3) is 0 Å². The summed E-state index contributed by atoms with van der Waals surface area (Å²) in [4.78, 5) is 8.29. The van der Waals surface area contributed by atoms with Gasteiger partial charge in [-0.2, -0.15) is 4.98 Å². The molecule has 0 aliphatic carbocycles. The minimum atomic E-state index is -0.881. The van der Waals surface area contributed by atoms with E-state index in [0.717, 1.165) is 25.1 Å². The molecular weight excluding hydrogens is 298 g/mol. The summed E-state index contributed by atoms with van der Waals surface area (Å²) in [6, 6.07) is 3.71. The van der Waals surface area contributed by atoms with Gasteiger partial charge in [0.1, 0.15) is 5.02 Å². The topological polar surface area (TPSA) is 49.8 Å². The lowest BCUT2D eigenvalue weighted by molar-refractivity contribution is 0.507. The van der Waals surface area contributed by atoms with Crippen LogP contribution in [0, 0.1) is 11.6 Å². The van der Waals surface area contributed by atoms with Crippen molar-refractivity contribution < 1.29 is 8.78 Å². The van der Waals surface area contributed by atoms with Crippen LogP contribution in [0.2, 0.25) is 5.02 Å². The number of anilines is 2. The molecule has 1 aromatic heterocycles. The summed E-state index contributed by atoms with van der Waals surface area (Å²) in [7, 11) is 0. The molecule has 7 heteroatoms. The number of aromatic nitrogens is 2. The van der Waals surface area contributed by atoms with Gasteiger partial charge < -0.3 is 10.6 Å². The van der Waals surface area contributed by atoms with Crippen LogP contribution in [0.3, 0.4) is 0 Å². The predicted molar refractivity (Wildman–Crippen MR) is 79.5 cm³/mol. The molecule has 112 valence electrons. The number of nitrogens with zero attached hydrogens (tertiary/aromatic N) is 2. The van der Waals surface area contributed by atoms with Crippen molar-refractivity contribution in [3.8, 4) is 0 Å². The van der Waals surface area contributed by atoms with Crippen LogP contribution < -0.4 is 10.6 Å². The Hall–Kier alpha value is -1.95. The van der Waals surface area contributed by atoms with Crippen LogP contribution in [0.25, 0.3) is 0 Å². The van der Waals surface area contributed by atoms with E-state index in [9.17, 15) is 8.78 Å². The van der Waals surface area contributed by atoms with Gasteiger partial charge in [0.2, 0.25) is 5.95 Å². The molecule has 0 saturated heterocycles. The predicted octanol–water partition coefficient (Wildman–Crippen LogP) is 3.84. The normalized spacial score (nSPS) is 10.5. The highest BCUT2D eigenvalue weighted by atomic mass is 35.5. The van der Waals surface area contributed by atoms with Gasteiger partial charge in [-0.1, -0.05) is 24.6 Å². The third kappa shape index (κ3) is 4.26. The monoisotopic (exact) mass is 312 g/mol. The molecule has 4 nitrogen and oxygen atoms in total. The van der Waals surface area contributed by atoms with E-state index in [1.165, 1.54) is 12.3 Å². The van der Waals surface area contributed by atoms with Crippen molar-refractivity contribution in [2.45, 2.75) is 19.9 Å². The van der Waals surface area contributed by atoms with E-state index in [4.69, 9.17) is 11.6 Å². The standard InChI is InChI=1S/C14H15ClF2N4/c1-2-5-18-14-20-8-10(15)13(21-14)19-7-9-3-4-11(16)12(17)6-9/h3-4,6,8H,2,5,7H2,1H3,(H2,18,19,20,21). The lowest BCUT2D eigenvalue weighted by atomic mass is 10.2. The zero-order valence-electron chi connectivity index (χ0n) is 11.5. The molecule has 0 bridgehead atoms. The summed E-state index contributed by atoms with van der Waals surface area (Å²) < 4.78 is 26.0. The lowest BCUT2D eigenvalue weighted by Crippen LogP contribution is -2.08. The Morgan fingerprint density at radius 1 is 1.19 bits per heavy atom. The Morgan fingerprint density at radius 3 is 2.71 bits per heavy atom. The maximum absolute atomic E-state index is 13.1. The van der Waals surface area contributed by atoms with Crippen LogP contribution in [-0.2, 0) is 6.54 Å². The number of rotatable bonds is 6. The van der Waals surface area contributed by atoms with Crippen molar-refractivity contribution in [1.29, 1.82) is 0 Å². The van der Waals surface area contributed by atoms with Crippen molar-refractivity contribution in [3.63, 3.8) is 0 Å². The first-order chi connectivity index (χ1) is 10.1. The van der Waals surface area contributed by atoms with Gasteiger partial charge in [-0.05, 0) is 24.1 Å². The Morgan fingerprint density at radius 2 is 2.00 bits per heavy atom. The summed E-state index contributed by atoms with van der Waals surface area (Å²) >= 11 is 6.00. The van der Waals surface area contributed by atoms with Gasteiger partial charge in [0, 0.05) is 13.1 Å². The van der Waals surface area contributed by atoms with Crippen LogP contribution in [-0.4, -0.2) is 16.5 Å². The molecule has 0 unspecified atom stereocenters. The molecule has 0 fully saturated rings. The third-order valence-electron chi connectivity index (χ3n) is 2.72. The molecule has 21 heavy (non-hydrogen) atoms. The zero-order valence-corrected chi connectivity index (χ0v) is 12.2. The fourth-order valence-electron chi connectivity index (χ4n) is 1.65. The largest absolute Gasteiger partial charge is 0.365 e. The highest BCUT2D eigenvalue weighted by Gasteiger charge is 2.07. The smallest absolute Gasteiger partial charge is 0.224 e. The molecule has 0 radical (unpaired) electrons. The van der Waals surface area contributed by atoms with E-state index in [1.54, 1.807) is 0 Å². The Bertz CT molecular complexity index is 622. The van der Waals surface area contributed by atoms with Crippen LogP contribution in [0.15, 0.2) is 24.4 Å². The molecule has 2 aromatic rings. The highest BCUT2D eigenvalue weighted by molar-refractivity contribution is 6.32. The lowest BCUT2D eigenvalue weighted by Gasteiger charge is -2.10. The number of nitrogens with one attached hydrogen (secondary N) is 2. The molecule has 1 aromatic carbocycles. The van der Waals surface area contributed by atoms with Gasteiger partial charge in [0.05, 0.1) is 6.20 Å². The molecule has 0 amide bonds. The van der Waals surface area contributed by atoms with Gasteiger partial charge in [-0.15, -0.1) is 0 Å². The quantitative estimate of drug-likeness (QED) is 0.851. The van der Waals surface area contributed by atoms with Gasteiger partial charge in [-0.3, -0.25) is 0 Å². The molecule has 0 spiro atoms. The maximum atomic E-state index is 13.1. The molecule has 2 N–H and O–H groups in total. The Labute approximate surface area is 126 Å². The summed E-state index contributed by atoms with van der Waals surface area (Å²) in [6.45, 7) is 3.07. The first-order valence-electron chi connectivity index (χ1n) is 6.54. The van der Waals surface area contributed by atoms with Crippen molar-refractivity contribution in [2.75, 3.05) is 17.2 Å². The van der Waals surface area contributed by atoms with E-state index in [1.807, 2.05) is 6.92 Å². The van der Waals surface area contributed by atoms with Crippen molar-refractivity contribution in [1.82, 2.24) is 9.97 Å². The SMILES string of the molecule is CCCNc1ncc(Cl)c(NCc2ccc(F)c(F)c2)n1. The minimum absolute atomic E-state index is 0.279. The third-order valence-corrected chi connectivity index (χ3v) is 3.00.